The van der Waals surface area contributed by atoms with E-state index in [1.165, 1.54) is 44.6 Å². The fourth-order valence-corrected chi connectivity index (χ4v) is 2.18. The van der Waals surface area contributed by atoms with Gasteiger partial charge in [0, 0.05) is 11.8 Å². The van der Waals surface area contributed by atoms with Crippen molar-refractivity contribution in [3.8, 4) is 11.5 Å². The Morgan fingerprint density at radius 2 is 1.62 bits per heavy atom. The second kappa shape index (κ2) is 7.56. The molecule has 126 valence electrons. The number of halogens is 1. The molecule has 0 atom stereocenters. The highest BCUT2D eigenvalue weighted by Crippen LogP contribution is 2.35. The molecular formula is C16H15ClN2O5. The molecule has 0 spiro atoms. The number of carbonyl (C=O) groups excluding carboxylic acids is 1. The summed E-state index contributed by atoms with van der Waals surface area (Å²) in [6, 6.07) is 8.29. The Morgan fingerprint density at radius 1 is 1.00 bits per heavy atom. The number of nitrogens with one attached hydrogen (secondary N) is 2. The van der Waals surface area contributed by atoms with Crippen molar-refractivity contribution in [2.24, 2.45) is 0 Å². The van der Waals surface area contributed by atoms with Crippen molar-refractivity contribution < 1.29 is 24.2 Å². The van der Waals surface area contributed by atoms with Gasteiger partial charge in [-0.05, 0) is 30.3 Å². The van der Waals surface area contributed by atoms with E-state index >= 15 is 0 Å². The largest absolute Gasteiger partial charge is 0.495 e. The normalized spacial score (nSPS) is 9.96. The van der Waals surface area contributed by atoms with Gasteiger partial charge in [-0.15, -0.1) is 0 Å². The summed E-state index contributed by atoms with van der Waals surface area (Å²) in [5.74, 6) is -0.236. The molecule has 0 fully saturated rings. The van der Waals surface area contributed by atoms with Gasteiger partial charge in [-0.2, -0.15) is 0 Å². The first-order valence-electron chi connectivity index (χ1n) is 6.77. The van der Waals surface area contributed by atoms with Gasteiger partial charge in [-0.3, -0.25) is 0 Å². The lowest BCUT2D eigenvalue weighted by Gasteiger charge is -2.13. The predicted octanol–water partition coefficient (Wildman–Crippen LogP) is 3.70. The molecule has 0 saturated carbocycles. The summed E-state index contributed by atoms with van der Waals surface area (Å²) < 4.78 is 10.3. The maximum Gasteiger partial charge on any atom is 0.335 e. The number of benzene rings is 2. The fourth-order valence-electron chi connectivity index (χ4n) is 1.94. The number of methoxy groups -OCH3 is 2. The highest BCUT2D eigenvalue weighted by atomic mass is 35.5. The maximum atomic E-state index is 12.1. The van der Waals surface area contributed by atoms with Crippen LogP contribution in [0.5, 0.6) is 11.5 Å². The lowest BCUT2D eigenvalue weighted by atomic mass is 10.2. The second-order valence-electron chi connectivity index (χ2n) is 4.65. The van der Waals surface area contributed by atoms with Crippen molar-refractivity contribution >= 4 is 35.0 Å². The molecule has 0 radical (unpaired) electrons. The van der Waals surface area contributed by atoms with Crippen molar-refractivity contribution in [1.82, 2.24) is 0 Å². The van der Waals surface area contributed by atoms with Gasteiger partial charge in [-0.1, -0.05) is 11.6 Å². The van der Waals surface area contributed by atoms with E-state index in [0.29, 0.717) is 27.9 Å². The summed E-state index contributed by atoms with van der Waals surface area (Å²) in [6.45, 7) is 0. The minimum Gasteiger partial charge on any atom is -0.495 e. The molecule has 7 nitrogen and oxygen atoms in total. The Labute approximate surface area is 143 Å². The van der Waals surface area contributed by atoms with E-state index in [1.54, 1.807) is 6.07 Å². The molecule has 0 heterocycles. The Hall–Kier alpha value is -2.93. The van der Waals surface area contributed by atoms with Gasteiger partial charge in [0.15, 0.2) is 0 Å². The first kappa shape index (κ1) is 17.4. The Bertz CT molecular complexity index is 762. The fraction of sp³-hybridized carbons (Fsp3) is 0.125. The third-order valence-corrected chi connectivity index (χ3v) is 3.41. The van der Waals surface area contributed by atoms with Gasteiger partial charge in [0.05, 0.1) is 30.5 Å². The Morgan fingerprint density at radius 3 is 2.17 bits per heavy atom. The number of carbonyl (C=O) groups is 2. The zero-order valence-electron chi connectivity index (χ0n) is 12.9. The Kier molecular flexibility index (Phi) is 5.49. The lowest BCUT2D eigenvalue weighted by Crippen LogP contribution is -2.20. The van der Waals surface area contributed by atoms with Crippen LogP contribution < -0.4 is 20.1 Å². The molecule has 3 N–H and O–H groups in total. The second-order valence-corrected chi connectivity index (χ2v) is 5.06. The zero-order chi connectivity index (χ0) is 17.7. The summed E-state index contributed by atoms with van der Waals surface area (Å²) in [6.07, 6.45) is 0. The molecule has 2 rings (SSSR count). The molecule has 0 aliphatic heterocycles. The molecule has 2 amide bonds. The molecule has 0 aromatic heterocycles. The van der Waals surface area contributed by atoms with Gasteiger partial charge in [0.25, 0.3) is 0 Å². The number of hydrogen-bond acceptors (Lipinski definition) is 4. The smallest absolute Gasteiger partial charge is 0.335 e. The van der Waals surface area contributed by atoms with Gasteiger partial charge in [0.1, 0.15) is 11.5 Å². The van der Waals surface area contributed by atoms with Crippen molar-refractivity contribution in [2.45, 2.75) is 0 Å². The Balaban J connectivity index is 2.12. The first-order chi connectivity index (χ1) is 11.4. The van der Waals surface area contributed by atoms with E-state index in [9.17, 15) is 9.59 Å². The van der Waals surface area contributed by atoms with Crippen molar-refractivity contribution in [1.29, 1.82) is 0 Å². The van der Waals surface area contributed by atoms with Crippen molar-refractivity contribution in [2.75, 3.05) is 24.9 Å². The van der Waals surface area contributed by atoms with Crippen LogP contribution in [0.2, 0.25) is 5.02 Å². The lowest BCUT2D eigenvalue weighted by molar-refractivity contribution is 0.0697. The van der Waals surface area contributed by atoms with E-state index in [-0.39, 0.29) is 5.56 Å². The monoisotopic (exact) mass is 350 g/mol. The molecule has 24 heavy (non-hydrogen) atoms. The molecule has 2 aromatic carbocycles. The summed E-state index contributed by atoms with van der Waals surface area (Å²) in [5, 5.41) is 14.4. The van der Waals surface area contributed by atoms with Crippen molar-refractivity contribution in [3.05, 3.63) is 47.0 Å². The zero-order valence-corrected chi connectivity index (χ0v) is 13.7. The molecule has 0 bridgehead atoms. The maximum absolute atomic E-state index is 12.1. The number of carboxylic acids is 1. The molecule has 2 aromatic rings. The summed E-state index contributed by atoms with van der Waals surface area (Å²) >= 11 is 6.04. The number of urea groups is 1. The average Bonchev–Trinajstić information content (AvgIpc) is 2.55. The third kappa shape index (κ3) is 4.08. The van der Waals surface area contributed by atoms with E-state index in [2.05, 4.69) is 10.6 Å². The van der Waals surface area contributed by atoms with Gasteiger partial charge in [-0.25, -0.2) is 9.59 Å². The van der Waals surface area contributed by atoms with Crippen LogP contribution in [0.4, 0.5) is 16.2 Å². The molecule has 8 heteroatoms. The summed E-state index contributed by atoms with van der Waals surface area (Å²) in [4.78, 5) is 22.9. The summed E-state index contributed by atoms with van der Waals surface area (Å²) in [5.41, 5.74) is 0.934. The van der Waals surface area contributed by atoms with Crippen LogP contribution in [0.15, 0.2) is 36.4 Å². The van der Waals surface area contributed by atoms with E-state index < -0.39 is 12.0 Å². The van der Waals surface area contributed by atoms with Crippen LogP contribution in [0.25, 0.3) is 0 Å². The highest BCUT2D eigenvalue weighted by Gasteiger charge is 2.13. The minimum absolute atomic E-state index is 0.129. The van der Waals surface area contributed by atoms with Crippen LogP contribution in [-0.2, 0) is 0 Å². The number of amides is 2. The topological polar surface area (TPSA) is 96.9 Å². The molecular weight excluding hydrogens is 336 g/mol. The number of aromatic carboxylic acids is 1. The first-order valence-corrected chi connectivity index (χ1v) is 7.15. The van der Waals surface area contributed by atoms with Gasteiger partial charge >= 0.3 is 12.0 Å². The number of anilines is 2. The number of hydrogen-bond donors (Lipinski definition) is 3. The number of carboxylic acid groups (broad SMARTS) is 1. The van der Waals surface area contributed by atoms with Crippen LogP contribution in [0, 0.1) is 0 Å². The van der Waals surface area contributed by atoms with Crippen LogP contribution in [0.3, 0.4) is 0 Å². The molecule has 0 unspecified atom stereocenters. The minimum atomic E-state index is -1.04. The quantitative estimate of drug-likeness (QED) is 0.764. The highest BCUT2D eigenvalue weighted by molar-refractivity contribution is 6.32. The van der Waals surface area contributed by atoms with Crippen LogP contribution >= 0.6 is 11.6 Å². The van der Waals surface area contributed by atoms with Crippen LogP contribution in [-0.4, -0.2) is 31.3 Å². The van der Waals surface area contributed by atoms with Crippen LogP contribution in [0.1, 0.15) is 10.4 Å². The predicted molar refractivity (Wildman–Crippen MR) is 90.6 cm³/mol. The van der Waals surface area contributed by atoms with Gasteiger partial charge in [0.2, 0.25) is 0 Å². The number of rotatable bonds is 5. The van der Waals surface area contributed by atoms with E-state index in [0.717, 1.165) is 0 Å². The van der Waals surface area contributed by atoms with Crippen molar-refractivity contribution in [3.63, 3.8) is 0 Å². The van der Waals surface area contributed by atoms with E-state index in [4.69, 9.17) is 26.2 Å². The van der Waals surface area contributed by atoms with Gasteiger partial charge < -0.3 is 25.2 Å². The average molecular weight is 351 g/mol. The molecule has 0 saturated heterocycles. The summed E-state index contributed by atoms with van der Waals surface area (Å²) in [7, 11) is 2.93. The SMILES string of the molecule is COc1cc(OC)c(NC(=O)Nc2ccc(C(=O)O)cc2)cc1Cl. The van der Waals surface area contributed by atoms with E-state index in [1.807, 2.05) is 0 Å². The third-order valence-electron chi connectivity index (χ3n) is 3.11. The molecule has 0 aliphatic carbocycles. The standard InChI is InChI=1S/C16H15ClN2O5/c1-23-13-8-14(24-2)12(7-11(13)17)19-16(22)18-10-5-3-9(4-6-10)15(20)21/h3-8H,1-2H3,(H,20,21)(H2,18,19,22). The molecule has 0 aliphatic rings. The number of ether oxygens (including phenoxy) is 2.